The maximum Gasteiger partial charge on any atom is 0.191 e. The third-order valence-electron chi connectivity index (χ3n) is 4.38. The Kier molecular flexibility index (Phi) is 7.98. The highest BCUT2D eigenvalue weighted by atomic mass is 19.1. The minimum Gasteiger partial charge on any atom is -0.489 e. The topological polar surface area (TPSA) is 48.9 Å². The second-order valence-electron chi connectivity index (χ2n) is 6.73. The molecule has 1 aliphatic heterocycles. The third-order valence-corrected chi connectivity index (χ3v) is 4.38. The van der Waals surface area contributed by atoms with Gasteiger partial charge in [0, 0.05) is 19.2 Å². The summed E-state index contributed by atoms with van der Waals surface area (Å²) in [5.74, 6) is 1.76. The number of guanidine groups is 1. The lowest BCUT2D eigenvalue weighted by Gasteiger charge is -2.29. The lowest BCUT2D eigenvalue weighted by Crippen LogP contribution is -2.42. The highest BCUT2D eigenvalue weighted by molar-refractivity contribution is 5.79. The zero-order valence-corrected chi connectivity index (χ0v) is 15.6. The van der Waals surface area contributed by atoms with E-state index in [1.807, 2.05) is 6.92 Å². The van der Waals surface area contributed by atoms with E-state index in [1.54, 1.807) is 12.1 Å². The predicted octanol–water partition coefficient (Wildman–Crippen LogP) is 2.49. The minimum absolute atomic E-state index is 0.124. The Bertz CT molecular complexity index is 544. The Hall–Kier alpha value is -1.82. The van der Waals surface area contributed by atoms with Crippen LogP contribution in [0.3, 0.4) is 0 Å². The average molecular weight is 350 g/mol. The summed E-state index contributed by atoms with van der Waals surface area (Å²) in [5.41, 5.74) is 0. The van der Waals surface area contributed by atoms with Gasteiger partial charge in [-0.1, -0.05) is 6.07 Å². The third kappa shape index (κ3) is 7.30. The molecule has 0 saturated carbocycles. The molecule has 1 atom stereocenters. The van der Waals surface area contributed by atoms with Crippen LogP contribution in [0, 0.1) is 11.7 Å². The number of aliphatic imine (C=N–C) groups is 1. The van der Waals surface area contributed by atoms with E-state index in [2.05, 4.69) is 34.5 Å². The molecule has 1 fully saturated rings. The number of halogens is 1. The Balaban J connectivity index is 1.79. The first-order valence-electron chi connectivity index (χ1n) is 9.19. The maximum absolute atomic E-state index is 13.2. The van der Waals surface area contributed by atoms with Crippen LogP contribution in [0.25, 0.3) is 0 Å². The van der Waals surface area contributed by atoms with Crippen LogP contribution in [-0.4, -0.2) is 56.7 Å². The summed E-state index contributed by atoms with van der Waals surface area (Å²) in [6, 6.07) is 6.20. The first-order valence-corrected chi connectivity index (χ1v) is 9.19. The number of hydrogen-bond donors (Lipinski definition) is 2. The molecule has 1 aromatic carbocycles. The van der Waals surface area contributed by atoms with Crippen LogP contribution >= 0.6 is 0 Å². The summed E-state index contributed by atoms with van der Waals surface area (Å²) in [6.45, 7) is 8.60. The van der Waals surface area contributed by atoms with E-state index in [0.29, 0.717) is 18.2 Å². The molecule has 0 aromatic heterocycles. The summed E-state index contributed by atoms with van der Waals surface area (Å²) in [6.07, 6.45) is 2.32. The standard InChI is InChI=1S/C19H31FN4O/c1-4-21-19(23-14-16-8-10-24(3)11-9-16)22-13-15(2)25-18-7-5-6-17(20)12-18/h5-7,12,15-16H,4,8-11,13-14H2,1-3H3,(H2,21,22,23). The molecular weight excluding hydrogens is 319 g/mol. The molecule has 5 nitrogen and oxygen atoms in total. The number of nitrogens with one attached hydrogen (secondary N) is 2. The number of ether oxygens (including phenoxy) is 1. The van der Waals surface area contributed by atoms with Gasteiger partial charge in [-0.05, 0) is 64.9 Å². The minimum atomic E-state index is -0.290. The van der Waals surface area contributed by atoms with Crippen LogP contribution in [0.2, 0.25) is 0 Å². The van der Waals surface area contributed by atoms with Crippen LogP contribution in [0.15, 0.2) is 29.3 Å². The van der Waals surface area contributed by atoms with Crippen molar-refractivity contribution in [3.8, 4) is 5.75 Å². The zero-order valence-electron chi connectivity index (χ0n) is 15.6. The van der Waals surface area contributed by atoms with Crippen molar-refractivity contribution < 1.29 is 9.13 Å². The predicted molar refractivity (Wildman–Crippen MR) is 101 cm³/mol. The van der Waals surface area contributed by atoms with Crippen LogP contribution in [0.1, 0.15) is 26.7 Å². The summed E-state index contributed by atoms with van der Waals surface area (Å²) in [4.78, 5) is 6.97. The van der Waals surface area contributed by atoms with Gasteiger partial charge in [0.15, 0.2) is 5.96 Å². The van der Waals surface area contributed by atoms with Crippen molar-refractivity contribution in [1.82, 2.24) is 15.5 Å². The molecule has 1 saturated heterocycles. The number of hydrogen-bond acceptors (Lipinski definition) is 3. The van der Waals surface area contributed by atoms with E-state index in [4.69, 9.17) is 4.74 Å². The molecule has 1 aromatic rings. The molecule has 25 heavy (non-hydrogen) atoms. The SMILES string of the molecule is CCNC(=NCC(C)Oc1cccc(F)c1)NCC1CCN(C)CC1. The van der Waals surface area contributed by atoms with Gasteiger partial charge in [0.25, 0.3) is 0 Å². The van der Waals surface area contributed by atoms with E-state index in [0.717, 1.165) is 19.0 Å². The summed E-state index contributed by atoms with van der Waals surface area (Å²) in [5, 5.41) is 6.71. The van der Waals surface area contributed by atoms with Crippen molar-refractivity contribution in [2.24, 2.45) is 10.9 Å². The smallest absolute Gasteiger partial charge is 0.191 e. The Morgan fingerprint density at radius 1 is 1.36 bits per heavy atom. The van der Waals surface area contributed by atoms with E-state index >= 15 is 0 Å². The largest absolute Gasteiger partial charge is 0.489 e. The first-order chi connectivity index (χ1) is 12.1. The Labute approximate surface area is 150 Å². The molecule has 6 heteroatoms. The molecule has 2 N–H and O–H groups in total. The molecule has 0 aliphatic carbocycles. The number of benzene rings is 1. The van der Waals surface area contributed by atoms with E-state index < -0.39 is 0 Å². The number of piperidine rings is 1. The lowest BCUT2D eigenvalue weighted by molar-refractivity contribution is 0.219. The van der Waals surface area contributed by atoms with Crippen LogP contribution in [0.4, 0.5) is 4.39 Å². The van der Waals surface area contributed by atoms with E-state index in [-0.39, 0.29) is 11.9 Å². The van der Waals surface area contributed by atoms with Gasteiger partial charge in [-0.2, -0.15) is 0 Å². The number of likely N-dealkylation sites (tertiary alicyclic amines) is 1. The first kappa shape index (κ1) is 19.5. The van der Waals surface area contributed by atoms with Gasteiger partial charge in [-0.3, -0.25) is 0 Å². The molecular formula is C19H31FN4O. The average Bonchev–Trinajstić information content (AvgIpc) is 2.59. The highest BCUT2D eigenvalue weighted by Crippen LogP contribution is 2.15. The van der Waals surface area contributed by atoms with Crippen molar-refractivity contribution in [2.45, 2.75) is 32.8 Å². The van der Waals surface area contributed by atoms with Gasteiger partial charge >= 0.3 is 0 Å². The summed E-state index contributed by atoms with van der Waals surface area (Å²) >= 11 is 0. The maximum atomic E-state index is 13.2. The second-order valence-corrected chi connectivity index (χ2v) is 6.73. The molecule has 2 rings (SSSR count). The Morgan fingerprint density at radius 3 is 2.80 bits per heavy atom. The van der Waals surface area contributed by atoms with Crippen molar-refractivity contribution in [1.29, 1.82) is 0 Å². The zero-order chi connectivity index (χ0) is 18.1. The monoisotopic (exact) mass is 350 g/mol. The fraction of sp³-hybridized carbons (Fsp3) is 0.632. The van der Waals surface area contributed by atoms with E-state index in [9.17, 15) is 4.39 Å². The molecule has 140 valence electrons. The molecule has 0 bridgehead atoms. The molecule has 0 spiro atoms. The van der Waals surface area contributed by atoms with Gasteiger partial charge < -0.3 is 20.3 Å². The quantitative estimate of drug-likeness (QED) is 0.586. The molecule has 0 amide bonds. The van der Waals surface area contributed by atoms with Gasteiger partial charge in [-0.25, -0.2) is 9.38 Å². The number of rotatable bonds is 7. The van der Waals surface area contributed by atoms with Crippen LogP contribution in [0.5, 0.6) is 5.75 Å². The molecule has 0 radical (unpaired) electrons. The van der Waals surface area contributed by atoms with Crippen molar-refractivity contribution >= 4 is 5.96 Å². The Morgan fingerprint density at radius 2 is 2.12 bits per heavy atom. The van der Waals surface area contributed by atoms with Gasteiger partial charge in [-0.15, -0.1) is 0 Å². The highest BCUT2D eigenvalue weighted by Gasteiger charge is 2.16. The van der Waals surface area contributed by atoms with Crippen molar-refractivity contribution in [3.05, 3.63) is 30.1 Å². The van der Waals surface area contributed by atoms with Crippen molar-refractivity contribution in [2.75, 3.05) is 39.8 Å². The van der Waals surface area contributed by atoms with E-state index in [1.165, 1.54) is 38.1 Å². The second kappa shape index (κ2) is 10.2. The van der Waals surface area contributed by atoms with Gasteiger partial charge in [0.2, 0.25) is 0 Å². The molecule has 1 aliphatic rings. The fourth-order valence-corrected chi connectivity index (χ4v) is 2.88. The van der Waals surface area contributed by atoms with Crippen molar-refractivity contribution in [3.63, 3.8) is 0 Å². The normalized spacial score (nSPS) is 18.0. The van der Waals surface area contributed by atoms with Crippen LogP contribution in [-0.2, 0) is 0 Å². The van der Waals surface area contributed by atoms with Crippen LogP contribution < -0.4 is 15.4 Å². The number of nitrogens with zero attached hydrogens (tertiary/aromatic N) is 2. The summed E-state index contributed by atoms with van der Waals surface area (Å²) < 4.78 is 18.9. The molecule has 1 heterocycles. The fourth-order valence-electron chi connectivity index (χ4n) is 2.88. The van der Waals surface area contributed by atoms with Gasteiger partial charge in [0.1, 0.15) is 17.7 Å². The lowest BCUT2D eigenvalue weighted by atomic mass is 9.97. The summed E-state index contributed by atoms with van der Waals surface area (Å²) in [7, 11) is 2.18. The van der Waals surface area contributed by atoms with Gasteiger partial charge in [0.05, 0.1) is 6.54 Å². The molecule has 1 unspecified atom stereocenters.